The van der Waals surface area contributed by atoms with Crippen molar-refractivity contribution < 1.29 is 23.2 Å². The van der Waals surface area contributed by atoms with Crippen LogP contribution in [0.2, 0.25) is 0 Å². The maximum atomic E-state index is 11.7. The number of nitrogens with zero attached hydrogens (tertiary/aromatic N) is 1. The molecule has 0 aliphatic rings. The monoisotopic (exact) mass is 285 g/mol. The average Bonchev–Trinajstić information content (AvgIpc) is 2.23. The van der Waals surface area contributed by atoms with Crippen molar-refractivity contribution in [2.75, 3.05) is 12.9 Å². The molecule has 0 unspecified atom stereocenters. The molecule has 0 aliphatic carbocycles. The first-order chi connectivity index (χ1) is 7.69. The molecule has 0 saturated carbocycles. The Kier molecular flexibility index (Phi) is 5.91. The third-order valence-electron chi connectivity index (χ3n) is 2.44. The summed E-state index contributed by atoms with van der Waals surface area (Å²) < 4.78 is 26.3. The number of halogens is 1. The normalized spacial score (nSPS) is 16.4. The van der Waals surface area contributed by atoms with Gasteiger partial charge in [0.15, 0.2) is 14.6 Å². The fourth-order valence-corrected chi connectivity index (χ4v) is 2.04. The Bertz CT molecular complexity index is 406. The van der Waals surface area contributed by atoms with Crippen LogP contribution in [0.4, 0.5) is 0 Å². The number of hydrogen-bond donors (Lipinski definition) is 1. The van der Waals surface area contributed by atoms with Crippen LogP contribution in [0.3, 0.4) is 0 Å². The minimum atomic E-state index is -3.66. The number of sulfone groups is 1. The van der Waals surface area contributed by atoms with Crippen LogP contribution >= 0.6 is 11.6 Å². The van der Waals surface area contributed by atoms with Crippen molar-refractivity contribution in [1.29, 1.82) is 0 Å². The predicted molar refractivity (Wildman–Crippen MR) is 64.2 cm³/mol. The lowest BCUT2D eigenvalue weighted by Crippen LogP contribution is -2.44. The summed E-state index contributed by atoms with van der Waals surface area (Å²) in [6.07, 6.45) is 0.821. The van der Waals surface area contributed by atoms with Gasteiger partial charge in [0.1, 0.15) is 5.17 Å². The largest absolute Gasteiger partial charge is 0.465 e. The summed E-state index contributed by atoms with van der Waals surface area (Å²) in [7, 11) is -3.66. The Morgan fingerprint density at radius 3 is 2.41 bits per heavy atom. The van der Waals surface area contributed by atoms with Crippen molar-refractivity contribution in [2.45, 2.75) is 31.4 Å². The third kappa shape index (κ3) is 4.16. The van der Waals surface area contributed by atoms with E-state index in [1.165, 1.54) is 6.92 Å². The zero-order chi connectivity index (χ0) is 13.7. The van der Waals surface area contributed by atoms with Crippen molar-refractivity contribution in [3.05, 3.63) is 0 Å². The lowest BCUT2D eigenvalue weighted by atomic mass is 10.1. The molecule has 0 rings (SSSR count). The number of rotatable bonds is 6. The van der Waals surface area contributed by atoms with E-state index in [1.54, 1.807) is 6.92 Å². The average molecular weight is 286 g/mol. The topological polar surface area (TPSA) is 93.0 Å². The van der Waals surface area contributed by atoms with Crippen molar-refractivity contribution in [1.82, 2.24) is 0 Å². The van der Waals surface area contributed by atoms with Gasteiger partial charge < -0.3 is 9.94 Å². The zero-order valence-corrected chi connectivity index (χ0v) is 11.5. The first-order valence-electron chi connectivity index (χ1n) is 4.92. The van der Waals surface area contributed by atoms with Crippen molar-refractivity contribution in [3.8, 4) is 0 Å². The molecular formula is C9H16ClNO5S. The molecule has 6 nitrogen and oxygen atoms in total. The molecule has 0 spiro atoms. The molecule has 17 heavy (non-hydrogen) atoms. The molecule has 0 heterocycles. The van der Waals surface area contributed by atoms with Crippen LogP contribution in [0.5, 0.6) is 0 Å². The van der Waals surface area contributed by atoms with Crippen molar-refractivity contribution >= 4 is 32.6 Å². The summed E-state index contributed by atoms with van der Waals surface area (Å²) in [5.41, 5.74) is 0. The number of carbonyl (C=O) groups is 1. The van der Waals surface area contributed by atoms with Crippen LogP contribution < -0.4 is 0 Å². The minimum Gasteiger partial charge on any atom is -0.465 e. The summed E-state index contributed by atoms with van der Waals surface area (Å²) in [6.45, 7) is 2.94. The van der Waals surface area contributed by atoms with Crippen LogP contribution in [-0.4, -0.2) is 42.4 Å². The van der Waals surface area contributed by atoms with Crippen LogP contribution in [0.1, 0.15) is 26.7 Å². The molecule has 0 aliphatic heterocycles. The molecule has 0 fully saturated rings. The summed E-state index contributed by atoms with van der Waals surface area (Å²) in [4.78, 5) is 11.7. The first-order valence-corrected chi connectivity index (χ1v) is 7.19. The summed E-state index contributed by atoms with van der Waals surface area (Å²) >= 11 is 5.46. The highest BCUT2D eigenvalue weighted by Gasteiger charge is 2.44. The molecule has 1 N–H and O–H groups in total. The quantitative estimate of drug-likeness (QED) is 0.342. The van der Waals surface area contributed by atoms with Gasteiger partial charge in [0.2, 0.25) is 0 Å². The molecule has 0 aromatic rings. The Labute approximate surface area is 106 Å². The van der Waals surface area contributed by atoms with Crippen molar-refractivity contribution in [3.63, 3.8) is 0 Å². The van der Waals surface area contributed by atoms with E-state index in [0.717, 1.165) is 6.26 Å². The van der Waals surface area contributed by atoms with E-state index in [9.17, 15) is 13.2 Å². The Hall–Kier alpha value is -0.820. The van der Waals surface area contributed by atoms with Gasteiger partial charge in [-0.25, -0.2) is 8.42 Å². The van der Waals surface area contributed by atoms with Gasteiger partial charge in [0.25, 0.3) is 0 Å². The predicted octanol–water partition coefficient (Wildman–Crippen LogP) is 1.16. The van der Waals surface area contributed by atoms with E-state index in [4.69, 9.17) is 21.5 Å². The van der Waals surface area contributed by atoms with Crippen LogP contribution in [-0.2, 0) is 19.4 Å². The number of carbonyl (C=O) groups excluding carboxylic acids is 1. The van der Waals surface area contributed by atoms with Gasteiger partial charge in [0.05, 0.1) is 6.61 Å². The highest BCUT2D eigenvalue weighted by molar-refractivity contribution is 7.92. The fraction of sp³-hybridized carbons (Fsp3) is 0.778. The van der Waals surface area contributed by atoms with E-state index in [0.29, 0.717) is 0 Å². The van der Waals surface area contributed by atoms with Gasteiger partial charge >= 0.3 is 5.97 Å². The standard InChI is InChI=1S/C9H16ClNO5S/c1-4-16-8(12)9(2,17(3,14)15)6-5-7(10)11-13/h13H,4-6H2,1-3H3/b11-7+/t9-/m0/s1. The number of esters is 1. The van der Waals surface area contributed by atoms with Gasteiger partial charge in [-0.05, 0) is 20.3 Å². The van der Waals surface area contributed by atoms with Crippen molar-refractivity contribution in [2.24, 2.45) is 5.16 Å². The highest BCUT2D eigenvalue weighted by atomic mass is 35.5. The second kappa shape index (κ2) is 6.20. The lowest BCUT2D eigenvalue weighted by Gasteiger charge is -2.24. The summed E-state index contributed by atoms with van der Waals surface area (Å²) in [6, 6.07) is 0. The lowest BCUT2D eigenvalue weighted by molar-refractivity contribution is -0.145. The molecule has 0 radical (unpaired) electrons. The smallest absolute Gasteiger partial charge is 0.327 e. The Balaban J connectivity index is 5.07. The van der Waals surface area contributed by atoms with Gasteiger partial charge in [0, 0.05) is 12.7 Å². The SMILES string of the molecule is CCOC(=O)[C@](C)(CC/C(Cl)=N\O)S(C)(=O)=O. The van der Waals surface area contributed by atoms with Gasteiger partial charge in [-0.1, -0.05) is 16.8 Å². The van der Waals surface area contributed by atoms with E-state index in [1.807, 2.05) is 0 Å². The van der Waals surface area contributed by atoms with Gasteiger partial charge in [-0.15, -0.1) is 0 Å². The maximum Gasteiger partial charge on any atom is 0.327 e. The zero-order valence-electron chi connectivity index (χ0n) is 9.93. The summed E-state index contributed by atoms with van der Waals surface area (Å²) in [5, 5.41) is 10.9. The fourth-order valence-electron chi connectivity index (χ4n) is 1.11. The van der Waals surface area contributed by atoms with Gasteiger partial charge in [-0.3, -0.25) is 4.79 Å². The molecule has 0 aromatic heterocycles. The maximum absolute atomic E-state index is 11.7. The Morgan fingerprint density at radius 2 is 2.06 bits per heavy atom. The van der Waals surface area contributed by atoms with Crippen LogP contribution in [0, 0.1) is 0 Å². The molecule has 0 saturated heterocycles. The second-order valence-corrected chi connectivity index (χ2v) is 6.58. The summed E-state index contributed by atoms with van der Waals surface area (Å²) in [5.74, 6) is -0.829. The number of ether oxygens (including phenoxy) is 1. The number of oxime groups is 1. The van der Waals surface area contributed by atoms with Crippen LogP contribution in [0.15, 0.2) is 5.16 Å². The third-order valence-corrected chi connectivity index (χ3v) is 4.71. The Morgan fingerprint density at radius 1 is 1.53 bits per heavy atom. The number of hydrogen-bond acceptors (Lipinski definition) is 6. The second-order valence-electron chi connectivity index (χ2n) is 3.70. The van der Waals surface area contributed by atoms with E-state index >= 15 is 0 Å². The molecule has 1 atom stereocenters. The molecular weight excluding hydrogens is 270 g/mol. The molecule has 0 bridgehead atoms. The highest BCUT2D eigenvalue weighted by Crippen LogP contribution is 2.25. The van der Waals surface area contributed by atoms with E-state index in [-0.39, 0.29) is 24.6 Å². The molecule has 0 amide bonds. The van der Waals surface area contributed by atoms with Crippen LogP contribution in [0.25, 0.3) is 0 Å². The van der Waals surface area contributed by atoms with Gasteiger partial charge in [-0.2, -0.15) is 0 Å². The first kappa shape index (κ1) is 16.2. The van der Waals surface area contributed by atoms with E-state index in [2.05, 4.69) is 5.16 Å². The molecule has 100 valence electrons. The molecule has 8 heteroatoms. The van der Waals surface area contributed by atoms with E-state index < -0.39 is 20.6 Å². The minimum absolute atomic E-state index is 0.0273. The molecule has 0 aromatic carbocycles.